The molecule has 0 spiro atoms. The first-order chi connectivity index (χ1) is 10.8. The van der Waals surface area contributed by atoms with Crippen molar-refractivity contribution < 1.29 is 19.0 Å². The molecule has 124 valence electrons. The number of carbonyl (C=O) groups is 1. The molecule has 0 saturated carbocycles. The summed E-state index contributed by atoms with van der Waals surface area (Å²) >= 11 is 0. The highest BCUT2D eigenvalue weighted by Gasteiger charge is 2.12. The normalized spacial score (nSPS) is 19.4. The molecule has 1 aliphatic rings. The maximum Gasteiger partial charge on any atom is 0.305 e. The Balaban J connectivity index is 1.93. The molecule has 1 atom stereocenters. The van der Waals surface area contributed by atoms with Gasteiger partial charge in [-0.25, -0.2) is 0 Å². The van der Waals surface area contributed by atoms with Gasteiger partial charge in [-0.15, -0.1) is 0 Å². The van der Waals surface area contributed by atoms with Gasteiger partial charge in [-0.3, -0.25) is 4.79 Å². The van der Waals surface area contributed by atoms with Crippen LogP contribution in [0.2, 0.25) is 0 Å². The maximum absolute atomic E-state index is 10.9. The molecule has 1 heterocycles. The molecule has 4 heteroatoms. The number of esters is 1. The molecule has 0 aromatic rings. The molecule has 0 radical (unpaired) electrons. The van der Waals surface area contributed by atoms with Crippen LogP contribution in [0.3, 0.4) is 0 Å². The topological polar surface area (TPSA) is 44.8 Å². The fourth-order valence-corrected chi connectivity index (χ4v) is 2.04. The van der Waals surface area contributed by atoms with Gasteiger partial charge in [-0.05, 0) is 38.5 Å². The molecule has 4 nitrogen and oxygen atoms in total. The lowest BCUT2D eigenvalue weighted by molar-refractivity contribution is -0.155. The molecule has 0 aromatic carbocycles. The van der Waals surface area contributed by atoms with E-state index in [4.69, 9.17) is 9.47 Å². The first-order valence-corrected chi connectivity index (χ1v) is 8.08. The molecule has 0 aliphatic carbocycles. The summed E-state index contributed by atoms with van der Waals surface area (Å²) < 4.78 is 15.7. The lowest BCUT2D eigenvalue weighted by Gasteiger charge is -2.21. The molecule has 0 aromatic heterocycles. The van der Waals surface area contributed by atoms with Crippen LogP contribution in [0.1, 0.15) is 44.9 Å². The minimum atomic E-state index is -0.161. The SMILES string of the molecule is COC(=O)CCC=CCC=CCC=CCOC1CCCCO1. The van der Waals surface area contributed by atoms with Crippen LogP contribution in [0.25, 0.3) is 0 Å². The quantitative estimate of drug-likeness (QED) is 0.453. The monoisotopic (exact) mass is 308 g/mol. The second-order valence-corrected chi connectivity index (χ2v) is 5.13. The Labute approximate surface area is 133 Å². The number of rotatable bonds is 10. The Kier molecular flexibility index (Phi) is 11.3. The van der Waals surface area contributed by atoms with E-state index in [1.807, 2.05) is 12.2 Å². The molecule has 0 amide bonds. The van der Waals surface area contributed by atoms with E-state index in [2.05, 4.69) is 29.0 Å². The van der Waals surface area contributed by atoms with Gasteiger partial charge in [0, 0.05) is 13.0 Å². The van der Waals surface area contributed by atoms with E-state index in [0.29, 0.717) is 13.0 Å². The summed E-state index contributed by atoms with van der Waals surface area (Å²) in [4.78, 5) is 10.9. The van der Waals surface area contributed by atoms with Gasteiger partial charge in [-0.2, -0.15) is 0 Å². The minimum absolute atomic E-state index is 0.0101. The Morgan fingerprint density at radius 1 is 1.09 bits per heavy atom. The van der Waals surface area contributed by atoms with Crippen LogP contribution in [0.5, 0.6) is 0 Å². The van der Waals surface area contributed by atoms with Crippen LogP contribution in [0, 0.1) is 0 Å². The Hall–Kier alpha value is -1.39. The molecule has 0 N–H and O–H groups in total. The second-order valence-electron chi connectivity index (χ2n) is 5.13. The molecule has 1 aliphatic heterocycles. The number of ether oxygens (including phenoxy) is 3. The summed E-state index contributed by atoms with van der Waals surface area (Å²) in [6, 6.07) is 0. The van der Waals surface area contributed by atoms with E-state index in [1.165, 1.54) is 13.5 Å². The van der Waals surface area contributed by atoms with Crippen LogP contribution in [0.4, 0.5) is 0 Å². The van der Waals surface area contributed by atoms with Crippen LogP contribution in [0.15, 0.2) is 36.5 Å². The second kappa shape index (κ2) is 13.3. The Morgan fingerprint density at radius 3 is 2.50 bits per heavy atom. The Bertz CT molecular complexity index is 365. The summed E-state index contributed by atoms with van der Waals surface area (Å²) in [5, 5.41) is 0. The van der Waals surface area contributed by atoms with Crippen LogP contribution in [-0.2, 0) is 19.0 Å². The third kappa shape index (κ3) is 10.4. The van der Waals surface area contributed by atoms with Crippen molar-refractivity contribution in [3.05, 3.63) is 36.5 Å². The van der Waals surface area contributed by atoms with E-state index in [0.717, 1.165) is 38.7 Å². The van der Waals surface area contributed by atoms with Crippen molar-refractivity contribution in [1.82, 2.24) is 0 Å². The number of hydrogen-bond donors (Lipinski definition) is 0. The summed E-state index contributed by atoms with van der Waals surface area (Å²) in [6.07, 6.45) is 18.8. The van der Waals surface area contributed by atoms with Crippen LogP contribution >= 0.6 is 0 Å². The van der Waals surface area contributed by atoms with Gasteiger partial charge in [0.2, 0.25) is 0 Å². The molecule has 0 bridgehead atoms. The van der Waals surface area contributed by atoms with Gasteiger partial charge in [0.05, 0.1) is 13.7 Å². The van der Waals surface area contributed by atoms with Gasteiger partial charge in [0.25, 0.3) is 0 Å². The van der Waals surface area contributed by atoms with Crippen LogP contribution in [-0.4, -0.2) is 32.6 Å². The average molecular weight is 308 g/mol. The first kappa shape index (κ1) is 18.7. The first-order valence-electron chi connectivity index (χ1n) is 8.08. The maximum atomic E-state index is 10.9. The summed E-state index contributed by atoms with van der Waals surface area (Å²) in [6.45, 7) is 1.44. The lowest BCUT2D eigenvalue weighted by Crippen LogP contribution is -2.22. The molecule has 1 fully saturated rings. The van der Waals surface area contributed by atoms with Crippen molar-refractivity contribution >= 4 is 5.97 Å². The van der Waals surface area contributed by atoms with Gasteiger partial charge in [0.15, 0.2) is 6.29 Å². The van der Waals surface area contributed by atoms with E-state index in [1.54, 1.807) is 0 Å². The van der Waals surface area contributed by atoms with Gasteiger partial charge in [0.1, 0.15) is 0 Å². The van der Waals surface area contributed by atoms with Crippen molar-refractivity contribution in [1.29, 1.82) is 0 Å². The lowest BCUT2D eigenvalue weighted by atomic mass is 10.2. The van der Waals surface area contributed by atoms with Crippen molar-refractivity contribution in [3.8, 4) is 0 Å². The zero-order valence-electron chi connectivity index (χ0n) is 13.5. The fourth-order valence-electron chi connectivity index (χ4n) is 2.04. The molecule has 1 saturated heterocycles. The van der Waals surface area contributed by atoms with Crippen LogP contribution < -0.4 is 0 Å². The minimum Gasteiger partial charge on any atom is -0.469 e. The predicted octanol–water partition coefficient (Wildman–Crippen LogP) is 3.93. The zero-order chi connectivity index (χ0) is 15.9. The number of hydrogen-bond acceptors (Lipinski definition) is 4. The van der Waals surface area contributed by atoms with Crippen molar-refractivity contribution in [3.63, 3.8) is 0 Å². The molecule has 22 heavy (non-hydrogen) atoms. The van der Waals surface area contributed by atoms with Gasteiger partial charge >= 0.3 is 5.97 Å². The zero-order valence-corrected chi connectivity index (χ0v) is 13.5. The third-order valence-electron chi connectivity index (χ3n) is 3.30. The summed E-state index contributed by atoms with van der Waals surface area (Å²) in [5.41, 5.74) is 0. The number of methoxy groups -OCH3 is 1. The predicted molar refractivity (Wildman–Crippen MR) is 87.4 cm³/mol. The Morgan fingerprint density at radius 2 is 1.82 bits per heavy atom. The highest BCUT2D eigenvalue weighted by molar-refractivity contribution is 5.69. The van der Waals surface area contributed by atoms with Crippen molar-refractivity contribution in [2.45, 2.75) is 51.2 Å². The smallest absolute Gasteiger partial charge is 0.305 e. The third-order valence-corrected chi connectivity index (χ3v) is 3.30. The summed E-state index contributed by atoms with van der Waals surface area (Å²) in [5.74, 6) is -0.161. The van der Waals surface area contributed by atoms with Gasteiger partial charge < -0.3 is 14.2 Å². The standard InChI is InChI=1S/C18H28O4/c1-20-17(19)13-9-7-5-3-2-4-6-8-11-15-21-18-14-10-12-16-22-18/h2,4-5,7-8,11,18H,3,6,9-10,12-16H2,1H3. The van der Waals surface area contributed by atoms with E-state index in [9.17, 15) is 4.79 Å². The molecule has 1 rings (SSSR count). The van der Waals surface area contributed by atoms with Crippen molar-refractivity contribution in [2.75, 3.05) is 20.3 Å². The van der Waals surface area contributed by atoms with E-state index < -0.39 is 0 Å². The highest BCUT2D eigenvalue weighted by Crippen LogP contribution is 2.13. The van der Waals surface area contributed by atoms with Gasteiger partial charge in [-0.1, -0.05) is 36.5 Å². The fraction of sp³-hybridized carbons (Fsp3) is 0.611. The molecule has 1 unspecified atom stereocenters. The highest BCUT2D eigenvalue weighted by atomic mass is 16.7. The molecular formula is C18H28O4. The number of allylic oxidation sites excluding steroid dienone is 5. The average Bonchev–Trinajstić information content (AvgIpc) is 2.56. The molecular weight excluding hydrogens is 280 g/mol. The largest absolute Gasteiger partial charge is 0.469 e. The number of carbonyl (C=O) groups excluding carboxylic acids is 1. The van der Waals surface area contributed by atoms with E-state index >= 15 is 0 Å². The van der Waals surface area contributed by atoms with Crippen molar-refractivity contribution in [2.24, 2.45) is 0 Å². The van der Waals surface area contributed by atoms with E-state index in [-0.39, 0.29) is 12.3 Å². The summed E-state index contributed by atoms with van der Waals surface area (Å²) in [7, 11) is 1.41.